The van der Waals surface area contributed by atoms with Crippen LogP contribution in [0.5, 0.6) is 0 Å². The molecule has 0 saturated carbocycles. The Morgan fingerprint density at radius 1 is 1.31 bits per heavy atom. The molecule has 0 radical (unpaired) electrons. The lowest BCUT2D eigenvalue weighted by atomic mass is 10.1. The molecule has 4 N–H and O–H groups in total. The second kappa shape index (κ2) is 10.4. The number of para-hydroxylation sites is 1. The molecular weight excluding hydrogens is 404 g/mol. The van der Waals surface area contributed by atoms with Crippen molar-refractivity contribution in [1.29, 1.82) is 0 Å². The maximum atomic E-state index is 12.5. The summed E-state index contributed by atoms with van der Waals surface area (Å²) in [6, 6.07) is 5.99. The fourth-order valence-electron chi connectivity index (χ4n) is 3.11. The van der Waals surface area contributed by atoms with E-state index in [0.29, 0.717) is 12.8 Å². The van der Waals surface area contributed by atoms with Crippen LogP contribution in [0, 0.1) is 0 Å². The van der Waals surface area contributed by atoms with Gasteiger partial charge in [-0.15, -0.1) is 4.28 Å². The van der Waals surface area contributed by atoms with E-state index in [1.165, 1.54) is 5.56 Å². The lowest BCUT2D eigenvalue weighted by Crippen LogP contribution is -2.53. The third kappa shape index (κ3) is 6.85. The van der Waals surface area contributed by atoms with E-state index in [9.17, 15) is 18.0 Å². The lowest BCUT2D eigenvalue weighted by molar-refractivity contribution is -0.138. The largest absolute Gasteiger partial charge is 0.418 e. The van der Waals surface area contributed by atoms with Gasteiger partial charge >= 0.3 is 16.4 Å². The molecule has 2 atom stereocenters. The summed E-state index contributed by atoms with van der Waals surface area (Å²) in [5, 5.41) is 3.30. The van der Waals surface area contributed by atoms with E-state index in [4.69, 9.17) is 9.39 Å². The Kier molecular flexibility index (Phi) is 8.20. The van der Waals surface area contributed by atoms with Gasteiger partial charge in [0.25, 0.3) is 5.91 Å². The summed E-state index contributed by atoms with van der Waals surface area (Å²) in [6.45, 7) is 3.77. The van der Waals surface area contributed by atoms with Gasteiger partial charge < -0.3 is 10.2 Å². The molecule has 1 heterocycles. The van der Waals surface area contributed by atoms with Gasteiger partial charge in [-0.05, 0) is 31.4 Å². The number of urea groups is 1. The van der Waals surface area contributed by atoms with Crippen molar-refractivity contribution >= 4 is 28.0 Å². The molecule has 3 amide bonds. The fourth-order valence-corrected chi connectivity index (χ4v) is 3.29. The topological polar surface area (TPSA) is 146 Å². The molecule has 1 unspecified atom stereocenters. The molecule has 0 saturated heterocycles. The normalized spacial score (nSPS) is 16.4. The summed E-state index contributed by atoms with van der Waals surface area (Å²) >= 11 is 0. The molecule has 0 aromatic heterocycles. The summed E-state index contributed by atoms with van der Waals surface area (Å²) in [4.78, 5) is 31.1. The molecule has 0 fully saturated rings. The number of nitrogens with zero attached hydrogens (tertiary/aromatic N) is 1. The second-order valence-electron chi connectivity index (χ2n) is 6.49. The smallest absolute Gasteiger partial charge is 0.379 e. The van der Waals surface area contributed by atoms with Crippen molar-refractivity contribution in [1.82, 2.24) is 15.9 Å². The number of rotatable bonds is 10. The monoisotopic (exact) mass is 430 g/mol. The number of hydrogen-bond donors (Lipinski definition) is 4. The number of carbonyl (C=O) groups is 2. The predicted molar refractivity (Wildman–Crippen MR) is 104 cm³/mol. The van der Waals surface area contributed by atoms with Crippen LogP contribution in [0.15, 0.2) is 24.3 Å². The van der Waals surface area contributed by atoms with Gasteiger partial charge in [0.1, 0.15) is 6.04 Å². The van der Waals surface area contributed by atoms with Gasteiger partial charge in [-0.2, -0.15) is 13.9 Å². The van der Waals surface area contributed by atoms with Crippen molar-refractivity contribution in [3.8, 4) is 0 Å². The SMILES string of the molecule is CCC[C@@H](C(=O)NOCC1Cc2ccccc2N1)N(CC)C(=O)NOS(=O)(=O)O. The Bertz CT molecular complexity index is 793. The van der Waals surface area contributed by atoms with Crippen LogP contribution in [0.3, 0.4) is 0 Å². The number of carbonyl (C=O) groups excluding carboxylic acids is 2. The minimum atomic E-state index is -4.86. The molecule has 1 aliphatic rings. The Balaban J connectivity index is 1.88. The van der Waals surface area contributed by atoms with Gasteiger partial charge in [0.2, 0.25) is 0 Å². The molecule has 0 spiro atoms. The zero-order valence-electron chi connectivity index (χ0n) is 16.3. The van der Waals surface area contributed by atoms with Gasteiger partial charge in [-0.3, -0.25) is 14.2 Å². The minimum Gasteiger partial charge on any atom is -0.379 e. The first-order chi connectivity index (χ1) is 13.7. The molecule has 29 heavy (non-hydrogen) atoms. The highest BCUT2D eigenvalue weighted by Gasteiger charge is 2.29. The third-order valence-corrected chi connectivity index (χ3v) is 4.67. The zero-order valence-corrected chi connectivity index (χ0v) is 17.1. The summed E-state index contributed by atoms with van der Waals surface area (Å²) < 4.78 is 33.7. The average Bonchev–Trinajstić information content (AvgIpc) is 3.08. The molecule has 0 bridgehead atoms. The van der Waals surface area contributed by atoms with Crippen LogP contribution in [-0.4, -0.2) is 55.0 Å². The zero-order chi connectivity index (χ0) is 21.4. The molecule has 162 valence electrons. The second-order valence-corrected chi connectivity index (χ2v) is 7.51. The van der Waals surface area contributed by atoms with E-state index >= 15 is 0 Å². The van der Waals surface area contributed by atoms with Crippen LogP contribution in [-0.2, 0) is 30.7 Å². The van der Waals surface area contributed by atoms with Gasteiger partial charge in [-0.1, -0.05) is 31.5 Å². The van der Waals surface area contributed by atoms with E-state index in [2.05, 4.69) is 15.1 Å². The van der Waals surface area contributed by atoms with Crippen molar-refractivity contribution < 1.29 is 31.7 Å². The van der Waals surface area contributed by atoms with E-state index in [0.717, 1.165) is 17.0 Å². The third-order valence-electron chi connectivity index (χ3n) is 4.38. The van der Waals surface area contributed by atoms with Crippen molar-refractivity contribution in [2.45, 2.75) is 45.2 Å². The Morgan fingerprint density at radius 3 is 2.66 bits per heavy atom. The molecule has 1 aromatic rings. The molecule has 1 aromatic carbocycles. The van der Waals surface area contributed by atoms with Crippen molar-refractivity contribution in [2.24, 2.45) is 0 Å². The number of anilines is 1. The number of hydrogen-bond acceptors (Lipinski definition) is 7. The number of amides is 3. The molecule has 0 aliphatic carbocycles. The highest BCUT2D eigenvalue weighted by molar-refractivity contribution is 7.80. The number of fused-ring (bicyclic) bond motifs is 1. The maximum Gasteiger partial charge on any atom is 0.418 e. The summed E-state index contributed by atoms with van der Waals surface area (Å²) in [6.07, 6.45) is 1.66. The average molecular weight is 430 g/mol. The first-order valence-electron chi connectivity index (χ1n) is 9.23. The molecule has 1 aliphatic heterocycles. The Morgan fingerprint density at radius 2 is 2.03 bits per heavy atom. The Hall–Kier alpha value is -2.41. The number of likely N-dealkylation sites (N-methyl/N-ethyl adjacent to an activating group) is 1. The minimum absolute atomic E-state index is 0.00561. The van der Waals surface area contributed by atoms with E-state index in [1.807, 2.05) is 31.2 Å². The van der Waals surface area contributed by atoms with Crippen LogP contribution >= 0.6 is 0 Å². The van der Waals surface area contributed by atoms with Crippen LogP contribution in [0.25, 0.3) is 0 Å². The van der Waals surface area contributed by atoms with Crippen molar-refractivity contribution in [2.75, 3.05) is 18.5 Å². The number of benzene rings is 1. The van der Waals surface area contributed by atoms with Crippen molar-refractivity contribution in [3.63, 3.8) is 0 Å². The van der Waals surface area contributed by atoms with Crippen molar-refractivity contribution in [3.05, 3.63) is 29.8 Å². The first kappa shape index (κ1) is 22.9. The molecule has 2 rings (SSSR count). The van der Waals surface area contributed by atoms with Crippen LogP contribution in [0.1, 0.15) is 32.3 Å². The number of nitrogens with one attached hydrogen (secondary N) is 3. The molecular formula is C17H26N4O7S. The van der Waals surface area contributed by atoms with Gasteiger partial charge in [0, 0.05) is 12.2 Å². The first-order valence-corrected chi connectivity index (χ1v) is 10.6. The maximum absolute atomic E-state index is 12.5. The highest BCUT2D eigenvalue weighted by Crippen LogP contribution is 2.24. The summed E-state index contributed by atoms with van der Waals surface area (Å²) in [7, 11) is -4.86. The van der Waals surface area contributed by atoms with Crippen LogP contribution in [0.4, 0.5) is 10.5 Å². The summed E-state index contributed by atoms with van der Waals surface area (Å²) in [5.74, 6) is -0.550. The van der Waals surface area contributed by atoms with Gasteiger partial charge in [-0.25, -0.2) is 10.3 Å². The Labute approximate surface area is 169 Å². The quantitative estimate of drug-likeness (QED) is 0.318. The summed E-state index contributed by atoms with van der Waals surface area (Å²) in [5.41, 5.74) is 6.15. The molecule has 11 nitrogen and oxygen atoms in total. The van der Waals surface area contributed by atoms with Crippen LogP contribution in [0.2, 0.25) is 0 Å². The van der Waals surface area contributed by atoms with Gasteiger partial charge in [0.15, 0.2) is 0 Å². The highest BCUT2D eigenvalue weighted by atomic mass is 32.3. The van der Waals surface area contributed by atoms with Gasteiger partial charge in [0.05, 0.1) is 12.6 Å². The number of hydroxylamine groups is 2. The standard InChI is InChI=1S/C17H26N4O7S/c1-3-7-15(21(4-2)17(23)20-28-29(24,25)26)16(22)19-27-11-13-10-12-8-5-6-9-14(12)18-13/h5-6,8-9,13,15,18H,3-4,7,10-11H2,1-2H3,(H,19,22)(H,20,23)(H,24,25,26)/t13?,15-/m0/s1. The van der Waals surface area contributed by atoms with E-state index in [-0.39, 0.29) is 19.2 Å². The lowest BCUT2D eigenvalue weighted by Gasteiger charge is -2.29. The van der Waals surface area contributed by atoms with E-state index < -0.39 is 28.4 Å². The fraction of sp³-hybridized carbons (Fsp3) is 0.529. The van der Waals surface area contributed by atoms with E-state index in [1.54, 1.807) is 12.4 Å². The molecule has 12 heteroatoms. The van der Waals surface area contributed by atoms with Crippen LogP contribution < -0.4 is 16.3 Å². The predicted octanol–water partition coefficient (Wildman–Crippen LogP) is 1.01.